The van der Waals surface area contributed by atoms with E-state index in [-0.39, 0.29) is 11.9 Å². The second-order valence-corrected chi connectivity index (χ2v) is 7.44. The number of methoxy groups -OCH3 is 1. The topological polar surface area (TPSA) is 62.2 Å². The van der Waals surface area contributed by atoms with Crippen LogP contribution in [0.1, 0.15) is 0 Å². The lowest BCUT2D eigenvalue weighted by atomic mass is 10.3. The van der Waals surface area contributed by atoms with E-state index in [4.69, 9.17) is 4.74 Å². The maximum absolute atomic E-state index is 12.6. The summed E-state index contributed by atoms with van der Waals surface area (Å²) in [7, 11) is 1.77. The number of sulfonamides is 1. The van der Waals surface area contributed by atoms with E-state index in [1.165, 1.54) is 16.1 Å². The highest BCUT2D eigenvalue weighted by Crippen LogP contribution is 2.29. The molecule has 6 nitrogen and oxygen atoms in total. The molecular weight excluding hydrogens is 310 g/mol. The van der Waals surface area contributed by atoms with Gasteiger partial charge in [0.25, 0.3) is 0 Å². The quantitative estimate of drug-likeness (QED) is 0.840. The summed E-state index contributed by atoms with van der Waals surface area (Å²) in [5.41, 5.74) is 0.570. The minimum Gasteiger partial charge on any atom is -0.497 e. The van der Waals surface area contributed by atoms with Crippen molar-refractivity contribution in [1.82, 2.24) is 4.90 Å². The number of nitrogens with zero attached hydrogens (tertiary/aromatic N) is 3. The van der Waals surface area contributed by atoms with Crippen LogP contribution in [0.3, 0.4) is 0 Å². The van der Waals surface area contributed by atoms with Gasteiger partial charge in [-0.3, -0.25) is 4.90 Å². The molecule has 0 spiro atoms. The number of aliphatic imine (C=N–C) groups is 1. The van der Waals surface area contributed by atoms with Crippen LogP contribution in [0.5, 0.6) is 5.75 Å². The van der Waals surface area contributed by atoms with Crippen molar-refractivity contribution in [2.75, 3.05) is 37.5 Å². The van der Waals surface area contributed by atoms with Crippen LogP contribution in [-0.2, 0) is 10.0 Å². The van der Waals surface area contributed by atoms with Gasteiger partial charge in [0.1, 0.15) is 17.7 Å². The molecule has 0 amide bonds. The van der Waals surface area contributed by atoms with Gasteiger partial charge in [0, 0.05) is 0 Å². The molecule has 116 valence electrons. The Morgan fingerprint density at radius 1 is 1.33 bits per heavy atom. The molecule has 1 heterocycles. The number of amidine groups is 1. The summed E-state index contributed by atoms with van der Waals surface area (Å²) in [4.78, 5) is 6.32. The molecule has 0 aromatic heterocycles. The van der Waals surface area contributed by atoms with Crippen LogP contribution >= 0.6 is 11.8 Å². The van der Waals surface area contributed by atoms with E-state index in [0.29, 0.717) is 16.6 Å². The summed E-state index contributed by atoms with van der Waals surface area (Å²) in [6, 6.07) is 6.91. The summed E-state index contributed by atoms with van der Waals surface area (Å²) < 4.78 is 31.6. The molecule has 0 fully saturated rings. The van der Waals surface area contributed by atoms with Gasteiger partial charge in [-0.25, -0.2) is 17.7 Å². The molecule has 2 rings (SSSR count). The molecule has 0 saturated carbocycles. The molecule has 8 heteroatoms. The van der Waals surface area contributed by atoms with Gasteiger partial charge in [0.15, 0.2) is 5.17 Å². The molecule has 0 saturated heterocycles. The second-order valence-electron chi connectivity index (χ2n) is 4.80. The molecule has 21 heavy (non-hydrogen) atoms. The zero-order valence-corrected chi connectivity index (χ0v) is 14.1. The Morgan fingerprint density at radius 3 is 2.43 bits per heavy atom. The molecule has 1 aliphatic heterocycles. The maximum atomic E-state index is 12.6. The van der Waals surface area contributed by atoms with E-state index in [0.717, 1.165) is 0 Å². The fourth-order valence-electron chi connectivity index (χ4n) is 1.99. The maximum Gasteiger partial charge on any atom is 0.244 e. The zero-order chi connectivity index (χ0) is 15.6. The summed E-state index contributed by atoms with van der Waals surface area (Å²) in [5.74, 6) is 0.651. The van der Waals surface area contributed by atoms with Crippen molar-refractivity contribution in [3.63, 3.8) is 0 Å². The fourth-order valence-corrected chi connectivity index (χ4v) is 4.68. The largest absolute Gasteiger partial charge is 0.497 e. The lowest BCUT2D eigenvalue weighted by Crippen LogP contribution is -2.48. The van der Waals surface area contributed by atoms with Gasteiger partial charge in [0.05, 0.1) is 12.8 Å². The van der Waals surface area contributed by atoms with Gasteiger partial charge in [-0.15, -0.1) is 0 Å². The SMILES string of the molecule is COc1ccc(N2C(SC)=NC(N(C)C)CS2(=O)=O)cc1. The fraction of sp³-hybridized carbons (Fsp3) is 0.462. The Hall–Kier alpha value is -1.25. The standard InChI is InChI=1S/C13H19N3O3S2/c1-15(2)12-9-21(17,18)16(13(14-12)20-4)10-5-7-11(19-3)8-6-10/h5-8,12H,9H2,1-4H3. The van der Waals surface area contributed by atoms with Crippen molar-refractivity contribution in [2.45, 2.75) is 6.17 Å². The average molecular weight is 329 g/mol. The summed E-state index contributed by atoms with van der Waals surface area (Å²) in [6.45, 7) is 0. The lowest BCUT2D eigenvalue weighted by molar-refractivity contribution is 0.323. The molecular formula is C13H19N3O3S2. The minimum absolute atomic E-state index is 0.0317. The first-order valence-corrected chi connectivity index (χ1v) is 9.17. The second kappa shape index (κ2) is 6.25. The summed E-state index contributed by atoms with van der Waals surface area (Å²) >= 11 is 1.32. The van der Waals surface area contributed by atoms with Crippen LogP contribution in [0.15, 0.2) is 29.3 Å². The van der Waals surface area contributed by atoms with Gasteiger partial charge in [-0.05, 0) is 44.6 Å². The first kappa shape index (κ1) is 16.1. The highest BCUT2D eigenvalue weighted by Gasteiger charge is 2.35. The Balaban J connectivity index is 2.46. The van der Waals surface area contributed by atoms with Crippen molar-refractivity contribution < 1.29 is 13.2 Å². The van der Waals surface area contributed by atoms with Crippen LogP contribution in [0.25, 0.3) is 0 Å². The van der Waals surface area contributed by atoms with Gasteiger partial charge >= 0.3 is 0 Å². The van der Waals surface area contributed by atoms with Crippen molar-refractivity contribution in [1.29, 1.82) is 0 Å². The lowest BCUT2D eigenvalue weighted by Gasteiger charge is -2.33. The van der Waals surface area contributed by atoms with Crippen molar-refractivity contribution >= 4 is 32.6 Å². The Bertz CT molecular complexity index is 627. The predicted molar refractivity (Wildman–Crippen MR) is 87.7 cm³/mol. The van der Waals surface area contributed by atoms with Crippen LogP contribution in [0.4, 0.5) is 5.69 Å². The molecule has 0 radical (unpaired) electrons. The van der Waals surface area contributed by atoms with E-state index < -0.39 is 10.0 Å². The third-order valence-corrected chi connectivity index (χ3v) is 5.58. The molecule has 1 aromatic carbocycles. The third-order valence-electron chi connectivity index (χ3n) is 3.16. The predicted octanol–water partition coefficient (Wildman–Crippen LogP) is 1.45. The number of anilines is 1. The first-order chi connectivity index (χ1) is 9.89. The van der Waals surface area contributed by atoms with E-state index in [1.807, 2.05) is 20.4 Å². The number of hydrogen-bond acceptors (Lipinski definition) is 6. The Kier molecular flexibility index (Phi) is 4.80. The van der Waals surface area contributed by atoms with E-state index in [1.54, 1.807) is 36.3 Å². The molecule has 1 aliphatic rings. The number of ether oxygens (including phenoxy) is 1. The van der Waals surface area contributed by atoms with E-state index in [2.05, 4.69) is 4.99 Å². The van der Waals surface area contributed by atoms with E-state index in [9.17, 15) is 8.42 Å². The van der Waals surface area contributed by atoms with Crippen LogP contribution in [0.2, 0.25) is 0 Å². The van der Waals surface area contributed by atoms with Crippen molar-refractivity contribution in [2.24, 2.45) is 4.99 Å². The van der Waals surface area contributed by atoms with Crippen molar-refractivity contribution in [3.8, 4) is 5.75 Å². The number of hydrogen-bond donors (Lipinski definition) is 0. The highest BCUT2D eigenvalue weighted by molar-refractivity contribution is 8.15. The monoisotopic (exact) mass is 329 g/mol. The Labute approximate surface area is 129 Å². The van der Waals surface area contributed by atoms with Gasteiger partial charge in [-0.1, -0.05) is 11.8 Å². The van der Waals surface area contributed by atoms with Gasteiger partial charge in [-0.2, -0.15) is 0 Å². The highest BCUT2D eigenvalue weighted by atomic mass is 32.2. The number of thioether (sulfide) groups is 1. The van der Waals surface area contributed by atoms with E-state index >= 15 is 0 Å². The normalized spacial score (nSPS) is 21.3. The third kappa shape index (κ3) is 3.33. The van der Waals surface area contributed by atoms with Crippen LogP contribution in [-0.4, -0.2) is 57.9 Å². The van der Waals surface area contributed by atoms with Gasteiger partial charge < -0.3 is 4.74 Å². The minimum atomic E-state index is -3.45. The molecule has 1 aromatic rings. The number of rotatable bonds is 3. The first-order valence-electron chi connectivity index (χ1n) is 6.34. The van der Waals surface area contributed by atoms with Gasteiger partial charge in [0.2, 0.25) is 10.0 Å². The van der Waals surface area contributed by atoms with Crippen LogP contribution < -0.4 is 9.04 Å². The number of benzene rings is 1. The summed E-state index contributed by atoms with van der Waals surface area (Å²) in [6.07, 6.45) is 1.47. The van der Waals surface area contributed by atoms with Crippen LogP contribution in [0, 0.1) is 0 Å². The molecule has 0 aliphatic carbocycles. The molecule has 1 unspecified atom stereocenters. The van der Waals surface area contributed by atoms with Crippen molar-refractivity contribution in [3.05, 3.63) is 24.3 Å². The smallest absolute Gasteiger partial charge is 0.244 e. The summed E-state index contributed by atoms with van der Waals surface area (Å²) in [5, 5.41) is 0.477. The Morgan fingerprint density at radius 2 is 1.95 bits per heavy atom. The average Bonchev–Trinajstić information content (AvgIpc) is 2.45. The zero-order valence-electron chi connectivity index (χ0n) is 12.5. The molecule has 1 atom stereocenters. The molecule has 0 N–H and O–H groups in total. The molecule has 0 bridgehead atoms.